The maximum atomic E-state index is 13.4. The summed E-state index contributed by atoms with van der Waals surface area (Å²) in [6.45, 7) is 6.05. The number of aromatic nitrogens is 2. The zero-order valence-electron chi connectivity index (χ0n) is 19.9. The SMILES string of the molecule is CCC(C(=O)Nc1ccc(OC)cc1)N(Cc1ccccc1)C(=O)CSc1nc(C)cc(C)n1. The molecule has 0 aliphatic rings. The van der Waals surface area contributed by atoms with Gasteiger partial charge in [-0.2, -0.15) is 0 Å². The highest BCUT2D eigenvalue weighted by molar-refractivity contribution is 7.99. The number of ether oxygens (including phenoxy) is 1. The van der Waals surface area contributed by atoms with Crippen LogP contribution in [0.1, 0.15) is 30.3 Å². The Morgan fingerprint density at radius 2 is 1.68 bits per heavy atom. The largest absolute Gasteiger partial charge is 0.497 e. The number of benzene rings is 2. The molecule has 3 rings (SSSR count). The number of nitrogens with one attached hydrogen (secondary N) is 1. The number of carbonyl (C=O) groups is 2. The zero-order valence-corrected chi connectivity index (χ0v) is 20.8. The third kappa shape index (κ3) is 7.05. The Bertz CT molecular complexity index is 1090. The summed E-state index contributed by atoms with van der Waals surface area (Å²) in [4.78, 5) is 37.1. The van der Waals surface area contributed by atoms with E-state index in [9.17, 15) is 9.59 Å². The molecule has 7 nitrogen and oxygen atoms in total. The molecular weight excluding hydrogens is 448 g/mol. The van der Waals surface area contributed by atoms with Crippen molar-refractivity contribution in [2.24, 2.45) is 0 Å². The first-order valence-corrected chi connectivity index (χ1v) is 12.1. The molecule has 2 amide bonds. The molecule has 0 aliphatic heterocycles. The van der Waals surface area contributed by atoms with Crippen molar-refractivity contribution < 1.29 is 14.3 Å². The number of thioether (sulfide) groups is 1. The molecule has 1 N–H and O–H groups in total. The number of hydrogen-bond donors (Lipinski definition) is 1. The number of nitrogens with zero attached hydrogens (tertiary/aromatic N) is 3. The molecule has 0 saturated carbocycles. The number of methoxy groups -OCH3 is 1. The molecular formula is C26H30N4O3S. The van der Waals surface area contributed by atoms with Crippen molar-refractivity contribution in [3.8, 4) is 5.75 Å². The molecule has 0 spiro atoms. The first kappa shape index (κ1) is 25.2. The van der Waals surface area contributed by atoms with E-state index < -0.39 is 6.04 Å². The molecule has 0 fully saturated rings. The molecule has 1 heterocycles. The van der Waals surface area contributed by atoms with Gasteiger partial charge in [0.05, 0.1) is 12.9 Å². The minimum absolute atomic E-state index is 0.141. The van der Waals surface area contributed by atoms with Gasteiger partial charge < -0.3 is 15.0 Å². The maximum Gasteiger partial charge on any atom is 0.247 e. The Balaban J connectivity index is 1.78. The zero-order chi connectivity index (χ0) is 24.5. The second kappa shape index (κ2) is 12.2. The highest BCUT2D eigenvalue weighted by Crippen LogP contribution is 2.20. The minimum atomic E-state index is -0.629. The normalized spacial score (nSPS) is 11.5. The molecule has 1 atom stereocenters. The van der Waals surface area contributed by atoms with Gasteiger partial charge in [0.1, 0.15) is 11.8 Å². The van der Waals surface area contributed by atoms with Crippen molar-refractivity contribution in [1.82, 2.24) is 14.9 Å². The first-order valence-electron chi connectivity index (χ1n) is 11.1. The Morgan fingerprint density at radius 3 is 2.26 bits per heavy atom. The molecule has 1 aromatic heterocycles. The Kier molecular flexibility index (Phi) is 9.04. The maximum absolute atomic E-state index is 13.4. The summed E-state index contributed by atoms with van der Waals surface area (Å²) in [5.41, 5.74) is 3.32. The quantitative estimate of drug-likeness (QED) is 0.338. The van der Waals surface area contributed by atoms with Gasteiger partial charge in [0.2, 0.25) is 11.8 Å². The van der Waals surface area contributed by atoms with E-state index in [1.54, 1.807) is 36.3 Å². The van der Waals surface area contributed by atoms with E-state index in [1.165, 1.54) is 11.8 Å². The molecule has 8 heteroatoms. The van der Waals surface area contributed by atoms with Gasteiger partial charge in [-0.3, -0.25) is 9.59 Å². The van der Waals surface area contributed by atoms with Crippen molar-refractivity contribution in [3.63, 3.8) is 0 Å². The number of amides is 2. The highest BCUT2D eigenvalue weighted by atomic mass is 32.2. The summed E-state index contributed by atoms with van der Waals surface area (Å²) in [6, 6.07) is 18.1. The third-order valence-electron chi connectivity index (χ3n) is 5.23. The van der Waals surface area contributed by atoms with Crippen LogP contribution in [-0.2, 0) is 16.1 Å². The van der Waals surface area contributed by atoms with E-state index in [4.69, 9.17) is 4.74 Å². The van der Waals surface area contributed by atoms with E-state index in [-0.39, 0.29) is 17.6 Å². The smallest absolute Gasteiger partial charge is 0.247 e. The van der Waals surface area contributed by atoms with Crippen molar-refractivity contribution >= 4 is 29.3 Å². The Hall–Kier alpha value is -3.39. The monoisotopic (exact) mass is 478 g/mol. The van der Waals surface area contributed by atoms with Crippen molar-refractivity contribution in [3.05, 3.63) is 77.6 Å². The molecule has 3 aromatic rings. The lowest BCUT2D eigenvalue weighted by Gasteiger charge is -2.30. The fourth-order valence-corrected chi connectivity index (χ4v) is 4.40. The Morgan fingerprint density at radius 1 is 1.03 bits per heavy atom. The van der Waals surface area contributed by atoms with Crippen LogP contribution in [0.5, 0.6) is 5.75 Å². The standard InChI is InChI=1S/C26H30N4O3S/c1-5-23(25(32)29-21-11-13-22(33-4)14-12-21)30(16-20-9-7-6-8-10-20)24(31)17-34-26-27-18(2)15-19(3)28-26/h6-15,23H,5,16-17H2,1-4H3,(H,29,32). The van der Waals surface area contributed by atoms with Gasteiger partial charge in [-0.1, -0.05) is 49.0 Å². The second-order valence-corrected chi connectivity index (χ2v) is 8.81. The fourth-order valence-electron chi connectivity index (χ4n) is 3.57. The van der Waals surface area contributed by atoms with Crippen LogP contribution < -0.4 is 10.1 Å². The molecule has 0 radical (unpaired) electrons. The van der Waals surface area contributed by atoms with E-state index >= 15 is 0 Å². The minimum Gasteiger partial charge on any atom is -0.497 e. The molecule has 0 saturated heterocycles. The van der Waals surface area contributed by atoms with Crippen molar-refractivity contribution in [2.45, 2.75) is 44.9 Å². The number of anilines is 1. The topological polar surface area (TPSA) is 84.4 Å². The Labute approximate surface area is 205 Å². The van der Waals surface area contributed by atoms with Gasteiger partial charge in [-0.05, 0) is 56.2 Å². The first-order chi connectivity index (χ1) is 16.4. The molecule has 178 valence electrons. The fraction of sp³-hybridized carbons (Fsp3) is 0.308. The molecule has 0 bridgehead atoms. The van der Waals surface area contributed by atoms with Gasteiger partial charge in [0.25, 0.3) is 0 Å². The lowest BCUT2D eigenvalue weighted by molar-refractivity contribution is -0.137. The van der Waals surface area contributed by atoms with Crippen molar-refractivity contribution in [2.75, 3.05) is 18.2 Å². The lowest BCUT2D eigenvalue weighted by Crippen LogP contribution is -2.47. The van der Waals surface area contributed by atoms with Crippen LogP contribution >= 0.6 is 11.8 Å². The summed E-state index contributed by atoms with van der Waals surface area (Å²) >= 11 is 1.28. The average molecular weight is 479 g/mol. The van der Waals surface area contributed by atoms with Crippen LogP contribution in [0.2, 0.25) is 0 Å². The van der Waals surface area contributed by atoms with Gasteiger partial charge in [-0.15, -0.1) is 0 Å². The average Bonchev–Trinajstić information content (AvgIpc) is 2.83. The van der Waals surface area contributed by atoms with Crippen LogP contribution in [0.25, 0.3) is 0 Å². The van der Waals surface area contributed by atoms with Crippen LogP contribution in [-0.4, -0.2) is 45.6 Å². The third-order valence-corrected chi connectivity index (χ3v) is 6.06. The van der Waals surface area contributed by atoms with Crippen molar-refractivity contribution in [1.29, 1.82) is 0 Å². The van der Waals surface area contributed by atoms with E-state index in [1.807, 2.05) is 57.2 Å². The van der Waals surface area contributed by atoms with E-state index in [2.05, 4.69) is 15.3 Å². The summed E-state index contributed by atoms with van der Waals surface area (Å²) in [7, 11) is 1.59. The van der Waals surface area contributed by atoms with Gasteiger partial charge in [0.15, 0.2) is 5.16 Å². The molecule has 34 heavy (non-hydrogen) atoms. The molecule has 2 aromatic carbocycles. The number of rotatable bonds is 10. The predicted octanol–water partition coefficient (Wildman–Crippen LogP) is 4.64. The summed E-state index contributed by atoms with van der Waals surface area (Å²) < 4.78 is 5.18. The number of hydrogen-bond acceptors (Lipinski definition) is 6. The molecule has 0 aliphatic carbocycles. The molecule has 1 unspecified atom stereocenters. The van der Waals surface area contributed by atoms with Crippen LogP contribution in [0.15, 0.2) is 65.8 Å². The highest BCUT2D eigenvalue weighted by Gasteiger charge is 2.29. The van der Waals surface area contributed by atoms with Gasteiger partial charge in [-0.25, -0.2) is 9.97 Å². The summed E-state index contributed by atoms with van der Waals surface area (Å²) in [6.07, 6.45) is 0.477. The van der Waals surface area contributed by atoms with Crippen LogP contribution in [0.4, 0.5) is 5.69 Å². The number of aryl methyl sites for hydroxylation is 2. The predicted molar refractivity (Wildman–Crippen MR) is 135 cm³/mol. The lowest BCUT2D eigenvalue weighted by atomic mass is 10.1. The van der Waals surface area contributed by atoms with E-state index in [0.29, 0.717) is 29.6 Å². The summed E-state index contributed by atoms with van der Waals surface area (Å²) in [5.74, 6) is 0.469. The van der Waals surface area contributed by atoms with Crippen LogP contribution in [0.3, 0.4) is 0 Å². The second-order valence-electron chi connectivity index (χ2n) is 7.87. The van der Waals surface area contributed by atoms with Gasteiger partial charge >= 0.3 is 0 Å². The van der Waals surface area contributed by atoms with Crippen LogP contribution in [0, 0.1) is 13.8 Å². The summed E-state index contributed by atoms with van der Waals surface area (Å²) in [5, 5.41) is 3.49. The van der Waals surface area contributed by atoms with E-state index in [0.717, 1.165) is 17.0 Å². The van der Waals surface area contributed by atoms with Gasteiger partial charge in [0, 0.05) is 23.6 Å². The number of carbonyl (C=O) groups excluding carboxylic acids is 2.